The first-order valence-electron chi connectivity index (χ1n) is 4.90. The number of aryl methyl sites for hydroxylation is 1. The van der Waals surface area contributed by atoms with Crippen molar-refractivity contribution in [2.75, 3.05) is 0 Å². The summed E-state index contributed by atoms with van der Waals surface area (Å²) in [6.45, 7) is 6.11. The lowest BCUT2D eigenvalue weighted by atomic mass is 10.1. The van der Waals surface area contributed by atoms with Crippen molar-refractivity contribution >= 4 is 12.2 Å². The molecule has 0 aromatic carbocycles. The van der Waals surface area contributed by atoms with E-state index in [-0.39, 0.29) is 0 Å². The van der Waals surface area contributed by atoms with E-state index in [0.29, 0.717) is 0 Å². The lowest BCUT2D eigenvalue weighted by Crippen LogP contribution is -1.93. The first-order valence-corrected chi connectivity index (χ1v) is 4.90. The Kier molecular flexibility index (Phi) is 4.05. The number of nitrogens with zero attached hydrogens (tertiary/aromatic N) is 2. The SMILES string of the molecule is C/C=C\c1c(C)ncnc1/C=C\CC. The van der Waals surface area contributed by atoms with Crippen LogP contribution in [0.2, 0.25) is 0 Å². The number of allylic oxidation sites excluding steroid dienone is 2. The van der Waals surface area contributed by atoms with Gasteiger partial charge in [0.25, 0.3) is 0 Å². The zero-order valence-electron chi connectivity index (χ0n) is 8.99. The standard InChI is InChI=1S/C12H16N2/c1-4-6-8-12-11(7-5-2)10(3)13-9-14-12/h5-9H,4H2,1-3H3/b7-5-,8-6-. The molecule has 0 saturated carbocycles. The molecular formula is C12H16N2. The van der Waals surface area contributed by atoms with Gasteiger partial charge in [-0.2, -0.15) is 0 Å². The molecule has 0 spiro atoms. The molecule has 14 heavy (non-hydrogen) atoms. The lowest BCUT2D eigenvalue weighted by molar-refractivity contribution is 1.08. The quantitative estimate of drug-likeness (QED) is 0.727. The van der Waals surface area contributed by atoms with E-state index in [9.17, 15) is 0 Å². The largest absolute Gasteiger partial charge is 0.241 e. The van der Waals surface area contributed by atoms with Gasteiger partial charge in [-0.15, -0.1) is 0 Å². The van der Waals surface area contributed by atoms with Crippen molar-refractivity contribution < 1.29 is 0 Å². The van der Waals surface area contributed by atoms with Crippen LogP contribution in [0.1, 0.15) is 37.2 Å². The van der Waals surface area contributed by atoms with Crippen LogP contribution >= 0.6 is 0 Å². The smallest absolute Gasteiger partial charge is 0.116 e. The van der Waals surface area contributed by atoms with Crippen LogP contribution in [0.5, 0.6) is 0 Å². The van der Waals surface area contributed by atoms with E-state index >= 15 is 0 Å². The molecule has 74 valence electrons. The average Bonchev–Trinajstić information content (AvgIpc) is 2.19. The van der Waals surface area contributed by atoms with Gasteiger partial charge in [0.05, 0.1) is 5.69 Å². The third kappa shape index (κ3) is 2.52. The van der Waals surface area contributed by atoms with Crippen molar-refractivity contribution in [1.29, 1.82) is 0 Å². The van der Waals surface area contributed by atoms with Gasteiger partial charge in [0.2, 0.25) is 0 Å². The Morgan fingerprint density at radius 2 is 2.07 bits per heavy atom. The first-order chi connectivity index (χ1) is 6.79. The van der Waals surface area contributed by atoms with Crippen LogP contribution in [-0.2, 0) is 0 Å². The third-order valence-electron chi connectivity index (χ3n) is 1.96. The Hall–Kier alpha value is -1.44. The maximum absolute atomic E-state index is 4.25. The summed E-state index contributed by atoms with van der Waals surface area (Å²) in [5, 5.41) is 0. The van der Waals surface area contributed by atoms with Crippen LogP contribution in [-0.4, -0.2) is 9.97 Å². The zero-order chi connectivity index (χ0) is 10.4. The molecule has 0 amide bonds. The van der Waals surface area contributed by atoms with Gasteiger partial charge < -0.3 is 0 Å². The Balaban J connectivity index is 3.14. The molecule has 0 fully saturated rings. The molecule has 0 aliphatic carbocycles. The van der Waals surface area contributed by atoms with Gasteiger partial charge in [-0.3, -0.25) is 0 Å². The van der Waals surface area contributed by atoms with Crippen molar-refractivity contribution in [3.63, 3.8) is 0 Å². The van der Waals surface area contributed by atoms with Gasteiger partial charge in [0.15, 0.2) is 0 Å². The Bertz CT molecular complexity index is 351. The van der Waals surface area contributed by atoms with E-state index in [1.54, 1.807) is 6.33 Å². The summed E-state index contributed by atoms with van der Waals surface area (Å²) in [7, 11) is 0. The maximum Gasteiger partial charge on any atom is 0.116 e. The van der Waals surface area contributed by atoms with Crippen LogP contribution in [0.3, 0.4) is 0 Å². The highest BCUT2D eigenvalue weighted by atomic mass is 14.8. The maximum atomic E-state index is 4.25. The summed E-state index contributed by atoms with van der Waals surface area (Å²) in [6.07, 6.45) is 10.8. The van der Waals surface area contributed by atoms with Crippen molar-refractivity contribution in [2.45, 2.75) is 27.2 Å². The second kappa shape index (κ2) is 5.32. The van der Waals surface area contributed by atoms with Gasteiger partial charge in [-0.05, 0) is 26.3 Å². The van der Waals surface area contributed by atoms with Crippen LogP contribution in [0.25, 0.3) is 12.2 Å². The summed E-state index contributed by atoms with van der Waals surface area (Å²) >= 11 is 0. The highest BCUT2D eigenvalue weighted by Crippen LogP contribution is 2.13. The van der Waals surface area contributed by atoms with Crippen molar-refractivity contribution in [3.05, 3.63) is 35.4 Å². The Morgan fingerprint density at radius 1 is 1.29 bits per heavy atom. The van der Waals surface area contributed by atoms with E-state index in [4.69, 9.17) is 0 Å². The van der Waals surface area contributed by atoms with Gasteiger partial charge in [0, 0.05) is 11.3 Å². The Labute approximate surface area is 85.4 Å². The van der Waals surface area contributed by atoms with Gasteiger partial charge in [-0.25, -0.2) is 9.97 Å². The zero-order valence-corrected chi connectivity index (χ0v) is 8.99. The predicted octanol–water partition coefficient (Wildman–Crippen LogP) is 3.24. The summed E-state index contributed by atoms with van der Waals surface area (Å²) in [5.41, 5.74) is 3.13. The second-order valence-corrected chi connectivity index (χ2v) is 3.07. The molecular weight excluding hydrogens is 172 g/mol. The average molecular weight is 188 g/mol. The monoisotopic (exact) mass is 188 g/mol. The van der Waals surface area contributed by atoms with Crippen molar-refractivity contribution in [3.8, 4) is 0 Å². The summed E-state index contributed by atoms with van der Waals surface area (Å²) in [6, 6.07) is 0. The van der Waals surface area contributed by atoms with Gasteiger partial charge in [0.1, 0.15) is 6.33 Å². The molecule has 0 bridgehead atoms. The van der Waals surface area contributed by atoms with Gasteiger partial charge >= 0.3 is 0 Å². The fourth-order valence-corrected chi connectivity index (χ4v) is 1.24. The molecule has 0 atom stereocenters. The molecule has 2 nitrogen and oxygen atoms in total. The van der Waals surface area contributed by atoms with Crippen LogP contribution in [0, 0.1) is 6.92 Å². The van der Waals surface area contributed by atoms with E-state index in [1.165, 1.54) is 0 Å². The van der Waals surface area contributed by atoms with Crippen LogP contribution in [0.15, 0.2) is 18.5 Å². The molecule has 0 aliphatic rings. The lowest BCUT2D eigenvalue weighted by Gasteiger charge is -2.02. The third-order valence-corrected chi connectivity index (χ3v) is 1.96. The number of aromatic nitrogens is 2. The molecule has 0 aliphatic heterocycles. The normalized spacial score (nSPS) is 11.6. The van der Waals surface area contributed by atoms with E-state index < -0.39 is 0 Å². The summed E-state index contributed by atoms with van der Waals surface area (Å²) in [4.78, 5) is 8.42. The second-order valence-electron chi connectivity index (χ2n) is 3.07. The fourth-order valence-electron chi connectivity index (χ4n) is 1.24. The predicted molar refractivity (Wildman–Crippen MR) is 60.8 cm³/mol. The number of rotatable bonds is 3. The summed E-state index contributed by atoms with van der Waals surface area (Å²) < 4.78 is 0. The highest BCUT2D eigenvalue weighted by molar-refractivity contribution is 5.63. The minimum absolute atomic E-state index is 0.998. The van der Waals surface area contributed by atoms with Crippen molar-refractivity contribution in [1.82, 2.24) is 9.97 Å². The molecule has 0 saturated heterocycles. The van der Waals surface area contributed by atoms with Crippen LogP contribution in [0.4, 0.5) is 0 Å². The molecule has 2 heteroatoms. The Morgan fingerprint density at radius 3 is 2.71 bits per heavy atom. The number of hydrogen-bond donors (Lipinski definition) is 0. The van der Waals surface area contributed by atoms with Crippen LogP contribution < -0.4 is 0 Å². The molecule has 0 N–H and O–H groups in total. The number of hydrogen-bond acceptors (Lipinski definition) is 2. The minimum atomic E-state index is 0.998. The first kappa shape index (κ1) is 10.6. The molecule has 0 radical (unpaired) electrons. The fraction of sp³-hybridized carbons (Fsp3) is 0.333. The minimum Gasteiger partial charge on any atom is -0.241 e. The molecule has 1 aromatic heterocycles. The van der Waals surface area contributed by atoms with E-state index in [1.807, 2.05) is 32.1 Å². The van der Waals surface area contributed by atoms with Gasteiger partial charge in [-0.1, -0.05) is 25.2 Å². The highest BCUT2D eigenvalue weighted by Gasteiger charge is 2.00. The van der Waals surface area contributed by atoms with E-state index in [0.717, 1.165) is 23.4 Å². The molecule has 1 heterocycles. The summed E-state index contributed by atoms with van der Waals surface area (Å²) in [5.74, 6) is 0. The van der Waals surface area contributed by atoms with E-state index in [2.05, 4.69) is 23.0 Å². The molecule has 0 unspecified atom stereocenters. The topological polar surface area (TPSA) is 25.8 Å². The molecule has 1 aromatic rings. The van der Waals surface area contributed by atoms with Crippen molar-refractivity contribution in [2.24, 2.45) is 0 Å². The molecule has 1 rings (SSSR count).